The average molecular weight is 614 g/mol. The maximum atomic E-state index is 4.72. The first-order valence-electron chi connectivity index (χ1n) is 14.2. The summed E-state index contributed by atoms with van der Waals surface area (Å²) in [7, 11) is 0. The van der Waals surface area contributed by atoms with Crippen LogP contribution in [0.5, 0.6) is 0 Å². The third-order valence-electron chi connectivity index (χ3n) is 8.59. The van der Waals surface area contributed by atoms with Crippen molar-refractivity contribution >= 4 is 36.7 Å². The van der Waals surface area contributed by atoms with E-state index in [9.17, 15) is 0 Å². The van der Waals surface area contributed by atoms with Crippen LogP contribution >= 0.6 is 20.8 Å². The Balaban J connectivity index is 1.66. The molecule has 6 aromatic carbocycles. The van der Waals surface area contributed by atoms with Crippen LogP contribution in [0.25, 0.3) is 0 Å². The van der Waals surface area contributed by atoms with Gasteiger partial charge in [0.05, 0.1) is 0 Å². The Kier molecular flexibility index (Phi) is 7.76. The van der Waals surface area contributed by atoms with Gasteiger partial charge in [0.2, 0.25) is 0 Å². The molecule has 0 aliphatic heterocycles. The Labute approximate surface area is 252 Å². The maximum absolute atomic E-state index is 4.72. The molecule has 202 valence electrons. The van der Waals surface area contributed by atoms with Crippen molar-refractivity contribution in [2.45, 2.75) is 11.8 Å². The molecule has 0 saturated carbocycles. The second-order valence-corrected chi connectivity index (χ2v) is 19.7. The van der Waals surface area contributed by atoms with Crippen LogP contribution in [0.3, 0.4) is 0 Å². The van der Waals surface area contributed by atoms with Gasteiger partial charge in [-0.05, 0) is 0 Å². The monoisotopic (exact) mass is 612 g/mol. The molecule has 0 aliphatic rings. The van der Waals surface area contributed by atoms with Crippen molar-refractivity contribution in [3.8, 4) is 0 Å². The van der Waals surface area contributed by atoms with E-state index < -0.39 is 5.31 Å². The molecule has 0 saturated heterocycles. The van der Waals surface area contributed by atoms with Crippen LogP contribution in [-0.4, -0.2) is 6.16 Å². The molecule has 0 N–H and O–H groups in total. The van der Waals surface area contributed by atoms with E-state index in [1.165, 1.54) is 32.6 Å². The fourth-order valence-corrected chi connectivity index (χ4v) is 14.0. The first-order chi connectivity index (χ1) is 20.2. The SMILES string of the molecule is BrP(CCC(c1ccccc1)(c1ccccc1)c1ccccc1)(c1ccccc1)(c1ccccc1)c1ccccc1. The van der Waals surface area contributed by atoms with Gasteiger partial charge in [0.15, 0.2) is 0 Å². The number of hydrogen-bond donors (Lipinski definition) is 0. The molecule has 0 amide bonds. The Bertz CT molecular complexity index is 1470. The van der Waals surface area contributed by atoms with E-state index in [1.807, 2.05) is 0 Å². The Morgan fingerprint density at radius 2 is 0.610 bits per heavy atom. The van der Waals surface area contributed by atoms with Gasteiger partial charge in [0.25, 0.3) is 0 Å². The Morgan fingerprint density at radius 3 is 0.878 bits per heavy atom. The molecular formula is C39H34BrP. The molecule has 0 aromatic heterocycles. The molecule has 0 bridgehead atoms. The van der Waals surface area contributed by atoms with Crippen LogP contribution in [0.2, 0.25) is 0 Å². The van der Waals surface area contributed by atoms with E-state index in [4.69, 9.17) is 15.5 Å². The Morgan fingerprint density at radius 1 is 0.366 bits per heavy atom. The quantitative estimate of drug-likeness (QED) is 0.113. The van der Waals surface area contributed by atoms with Crippen LogP contribution in [0.1, 0.15) is 23.1 Å². The summed E-state index contributed by atoms with van der Waals surface area (Å²) in [4.78, 5) is 0. The summed E-state index contributed by atoms with van der Waals surface area (Å²) >= 11 is 4.72. The number of rotatable bonds is 9. The number of hydrogen-bond acceptors (Lipinski definition) is 0. The van der Waals surface area contributed by atoms with Crippen molar-refractivity contribution in [1.29, 1.82) is 0 Å². The zero-order chi connectivity index (χ0) is 28.0. The minimum absolute atomic E-state index is 0.348. The molecule has 41 heavy (non-hydrogen) atoms. The number of benzene rings is 6. The molecule has 0 fully saturated rings. The van der Waals surface area contributed by atoms with Gasteiger partial charge < -0.3 is 0 Å². The van der Waals surface area contributed by atoms with E-state index in [-0.39, 0.29) is 5.41 Å². The van der Waals surface area contributed by atoms with Gasteiger partial charge >= 0.3 is 253 Å². The molecule has 0 nitrogen and oxygen atoms in total. The van der Waals surface area contributed by atoms with Gasteiger partial charge in [-0.2, -0.15) is 0 Å². The predicted molar refractivity (Wildman–Crippen MR) is 183 cm³/mol. The molecule has 2 heteroatoms. The van der Waals surface area contributed by atoms with Gasteiger partial charge in [0.1, 0.15) is 0 Å². The van der Waals surface area contributed by atoms with Gasteiger partial charge in [-0.25, -0.2) is 0 Å². The first kappa shape index (κ1) is 27.4. The van der Waals surface area contributed by atoms with Crippen LogP contribution in [0.4, 0.5) is 0 Å². The molecule has 6 rings (SSSR count). The summed E-state index contributed by atoms with van der Waals surface area (Å²) in [5, 5.41) is 0.891. The van der Waals surface area contributed by atoms with E-state index in [0.29, 0.717) is 0 Å². The summed E-state index contributed by atoms with van der Waals surface area (Å²) < 4.78 is 0. The van der Waals surface area contributed by atoms with E-state index in [0.717, 1.165) is 12.6 Å². The van der Waals surface area contributed by atoms with Crippen molar-refractivity contribution in [2.75, 3.05) is 6.16 Å². The fourth-order valence-electron chi connectivity index (χ4n) is 6.53. The average Bonchev–Trinajstić information content (AvgIpc) is 3.08. The van der Waals surface area contributed by atoms with Crippen molar-refractivity contribution in [2.24, 2.45) is 0 Å². The summed E-state index contributed by atoms with van der Waals surface area (Å²) in [5.74, 6) is 0. The van der Waals surface area contributed by atoms with Crippen LogP contribution < -0.4 is 15.9 Å². The molecule has 0 aliphatic carbocycles. The normalized spacial score (nSPS) is 12.8. The summed E-state index contributed by atoms with van der Waals surface area (Å²) in [6, 6.07) is 66.6. The molecular weight excluding hydrogens is 579 g/mol. The third-order valence-corrected chi connectivity index (χ3v) is 18.5. The molecule has 0 atom stereocenters. The molecule has 0 heterocycles. The van der Waals surface area contributed by atoms with Crippen LogP contribution in [0, 0.1) is 0 Å². The van der Waals surface area contributed by atoms with Crippen LogP contribution in [-0.2, 0) is 5.41 Å². The summed E-state index contributed by atoms with van der Waals surface area (Å²) in [6.07, 6.45) is 1.84. The van der Waals surface area contributed by atoms with Gasteiger partial charge in [-0.3, -0.25) is 0 Å². The summed E-state index contributed by atoms with van der Waals surface area (Å²) in [6.45, 7) is 0. The second kappa shape index (κ2) is 11.6. The second-order valence-electron chi connectivity index (χ2n) is 10.7. The topological polar surface area (TPSA) is 0 Å². The van der Waals surface area contributed by atoms with E-state index in [2.05, 4.69) is 182 Å². The summed E-state index contributed by atoms with van der Waals surface area (Å²) in [5.41, 5.74) is 3.58. The van der Waals surface area contributed by atoms with Crippen molar-refractivity contribution in [3.63, 3.8) is 0 Å². The van der Waals surface area contributed by atoms with Crippen LogP contribution in [0.15, 0.2) is 182 Å². The van der Waals surface area contributed by atoms with Crippen molar-refractivity contribution in [1.82, 2.24) is 0 Å². The van der Waals surface area contributed by atoms with Crippen molar-refractivity contribution in [3.05, 3.63) is 199 Å². The van der Waals surface area contributed by atoms with Gasteiger partial charge in [-0.15, -0.1) is 0 Å². The minimum atomic E-state index is -3.15. The van der Waals surface area contributed by atoms with Crippen molar-refractivity contribution < 1.29 is 0 Å². The molecule has 0 radical (unpaired) electrons. The van der Waals surface area contributed by atoms with Gasteiger partial charge in [-0.1, -0.05) is 0 Å². The molecule has 6 aromatic rings. The fraction of sp³-hybridized carbons (Fsp3) is 0.0769. The Hall–Kier alpha value is -3.77. The molecule has 0 unspecified atom stereocenters. The first-order valence-corrected chi connectivity index (χ1v) is 18.7. The third kappa shape index (κ3) is 4.78. The van der Waals surface area contributed by atoms with E-state index >= 15 is 0 Å². The zero-order valence-electron chi connectivity index (χ0n) is 23.1. The molecule has 0 spiro atoms. The van der Waals surface area contributed by atoms with Gasteiger partial charge in [0, 0.05) is 0 Å². The zero-order valence-corrected chi connectivity index (χ0v) is 25.5. The predicted octanol–water partition coefficient (Wildman–Crippen LogP) is 9.25. The van der Waals surface area contributed by atoms with E-state index in [1.54, 1.807) is 0 Å². The standard InChI is InChI=1S/C39H34BrP/c40-41(36-25-13-4-14-26-36,37-27-15-5-16-28-37,38-29-17-6-18-30-38)32-31-39(33-19-7-1-8-20-33,34-21-9-2-10-22-34)35-23-11-3-12-24-35/h1-30H,31-32H2. The number of halogens is 1.